The lowest BCUT2D eigenvalue weighted by Gasteiger charge is -2.12. The number of ether oxygens (including phenoxy) is 1. The summed E-state index contributed by atoms with van der Waals surface area (Å²) in [5.74, 6) is 0.753. The Morgan fingerprint density at radius 2 is 1.90 bits per heavy atom. The topological polar surface area (TPSA) is 44.1 Å². The molecule has 0 saturated carbocycles. The van der Waals surface area contributed by atoms with Crippen molar-refractivity contribution in [2.75, 3.05) is 7.11 Å². The highest BCUT2D eigenvalue weighted by molar-refractivity contribution is 5.93. The third kappa shape index (κ3) is 2.29. The Labute approximate surface area is 122 Å². The van der Waals surface area contributed by atoms with E-state index in [-0.39, 0.29) is 5.69 Å². The lowest BCUT2D eigenvalue weighted by atomic mass is 10.1. The van der Waals surface area contributed by atoms with Crippen LogP contribution in [0, 0.1) is 0 Å². The van der Waals surface area contributed by atoms with Crippen LogP contribution in [-0.4, -0.2) is 16.7 Å². The number of hydrogen-bond donors (Lipinski definition) is 0. The Bertz CT molecular complexity index is 839. The van der Waals surface area contributed by atoms with E-state index in [0.29, 0.717) is 12.2 Å². The van der Waals surface area contributed by atoms with Crippen molar-refractivity contribution in [2.45, 2.75) is 13.5 Å². The van der Waals surface area contributed by atoms with Gasteiger partial charge in [0.15, 0.2) is 0 Å². The highest BCUT2D eigenvalue weighted by Crippen LogP contribution is 2.28. The predicted octanol–water partition coefficient (Wildman–Crippen LogP) is 3.09. The fourth-order valence-electron chi connectivity index (χ4n) is 2.51. The van der Waals surface area contributed by atoms with Gasteiger partial charge < -0.3 is 4.74 Å². The van der Waals surface area contributed by atoms with E-state index in [1.165, 1.54) is 0 Å². The van der Waals surface area contributed by atoms with E-state index < -0.39 is 0 Å². The van der Waals surface area contributed by atoms with Gasteiger partial charge in [-0.3, -0.25) is 4.57 Å². The first-order valence-corrected chi connectivity index (χ1v) is 6.88. The molecule has 2 aromatic carbocycles. The predicted molar refractivity (Wildman–Crippen MR) is 83.7 cm³/mol. The Balaban J connectivity index is 2.41. The Hall–Kier alpha value is -2.62. The molecule has 0 bridgehead atoms. The van der Waals surface area contributed by atoms with Crippen LogP contribution in [-0.2, 0) is 6.54 Å². The molecule has 0 radical (unpaired) electrons. The second kappa shape index (κ2) is 5.40. The first kappa shape index (κ1) is 13.4. The van der Waals surface area contributed by atoms with E-state index in [1.807, 2.05) is 55.5 Å². The van der Waals surface area contributed by atoms with Gasteiger partial charge in [0.2, 0.25) is 0 Å². The molecule has 0 amide bonds. The highest BCUT2D eigenvalue weighted by Gasteiger charge is 2.12. The minimum atomic E-state index is -0.228. The van der Waals surface area contributed by atoms with Gasteiger partial charge in [0, 0.05) is 17.5 Å². The molecule has 4 nitrogen and oxygen atoms in total. The summed E-state index contributed by atoms with van der Waals surface area (Å²) in [6, 6.07) is 15.4. The van der Waals surface area contributed by atoms with Crippen molar-refractivity contribution in [3.63, 3.8) is 0 Å². The van der Waals surface area contributed by atoms with E-state index in [4.69, 9.17) is 4.74 Å². The highest BCUT2D eigenvalue weighted by atomic mass is 16.5. The molecule has 0 fully saturated rings. The van der Waals surface area contributed by atoms with Crippen molar-refractivity contribution in [2.24, 2.45) is 0 Å². The first-order chi connectivity index (χ1) is 10.2. The molecule has 21 heavy (non-hydrogen) atoms. The smallest absolute Gasteiger partial charge is 0.348 e. The van der Waals surface area contributed by atoms with Crippen LogP contribution in [0.2, 0.25) is 0 Å². The van der Waals surface area contributed by atoms with Gasteiger partial charge in [0.25, 0.3) is 0 Å². The number of aromatic nitrogens is 2. The lowest BCUT2D eigenvalue weighted by Crippen LogP contribution is -2.23. The average molecular weight is 280 g/mol. The molecule has 0 unspecified atom stereocenters. The second-order valence-corrected chi connectivity index (χ2v) is 4.74. The summed E-state index contributed by atoms with van der Waals surface area (Å²) in [5, 5.41) is 0.919. The number of aryl methyl sites for hydroxylation is 1. The Morgan fingerprint density at radius 1 is 1.14 bits per heavy atom. The summed E-state index contributed by atoms with van der Waals surface area (Å²) in [7, 11) is 1.63. The molecule has 3 aromatic rings. The minimum absolute atomic E-state index is 0.228. The summed E-state index contributed by atoms with van der Waals surface area (Å²) in [4.78, 5) is 16.5. The quantitative estimate of drug-likeness (QED) is 0.740. The zero-order valence-electron chi connectivity index (χ0n) is 12.0. The molecule has 0 aliphatic rings. The van der Waals surface area contributed by atoms with Crippen LogP contribution in [0.5, 0.6) is 5.75 Å². The Morgan fingerprint density at radius 3 is 2.57 bits per heavy atom. The van der Waals surface area contributed by atoms with Crippen LogP contribution in [0.15, 0.2) is 53.3 Å². The molecular formula is C17H16N2O2. The van der Waals surface area contributed by atoms with Crippen LogP contribution >= 0.6 is 0 Å². The van der Waals surface area contributed by atoms with Crippen molar-refractivity contribution in [3.8, 4) is 17.0 Å². The zero-order chi connectivity index (χ0) is 14.8. The van der Waals surface area contributed by atoms with Crippen LogP contribution < -0.4 is 10.4 Å². The fourth-order valence-corrected chi connectivity index (χ4v) is 2.51. The van der Waals surface area contributed by atoms with E-state index in [1.54, 1.807) is 11.7 Å². The summed E-state index contributed by atoms with van der Waals surface area (Å²) < 4.78 is 6.97. The molecule has 3 rings (SSSR count). The maximum Gasteiger partial charge on any atom is 0.348 e. The van der Waals surface area contributed by atoms with Crippen LogP contribution in [0.25, 0.3) is 22.2 Å². The van der Waals surface area contributed by atoms with Gasteiger partial charge in [0.05, 0.1) is 18.3 Å². The van der Waals surface area contributed by atoms with Gasteiger partial charge in [-0.2, -0.15) is 4.98 Å². The molecule has 1 aromatic heterocycles. The van der Waals surface area contributed by atoms with E-state index in [2.05, 4.69) is 4.98 Å². The second-order valence-electron chi connectivity index (χ2n) is 4.74. The van der Waals surface area contributed by atoms with Crippen molar-refractivity contribution < 1.29 is 4.74 Å². The molecule has 106 valence electrons. The molecule has 0 aliphatic carbocycles. The minimum Gasteiger partial charge on any atom is -0.497 e. The first-order valence-electron chi connectivity index (χ1n) is 6.88. The third-order valence-electron chi connectivity index (χ3n) is 3.55. The third-order valence-corrected chi connectivity index (χ3v) is 3.55. The van der Waals surface area contributed by atoms with Crippen LogP contribution in [0.4, 0.5) is 0 Å². The molecule has 0 aliphatic heterocycles. The molecule has 0 saturated heterocycles. The largest absolute Gasteiger partial charge is 0.497 e. The normalized spacial score (nSPS) is 10.8. The summed E-state index contributed by atoms with van der Waals surface area (Å²) in [6.45, 7) is 2.53. The number of rotatable bonds is 3. The van der Waals surface area contributed by atoms with Gasteiger partial charge in [0.1, 0.15) is 5.75 Å². The van der Waals surface area contributed by atoms with E-state index >= 15 is 0 Å². The van der Waals surface area contributed by atoms with Gasteiger partial charge in [-0.15, -0.1) is 0 Å². The number of hydrogen-bond acceptors (Lipinski definition) is 3. The maximum absolute atomic E-state index is 12.2. The summed E-state index contributed by atoms with van der Waals surface area (Å²) in [6.07, 6.45) is 0. The molecule has 0 N–H and O–H groups in total. The van der Waals surface area contributed by atoms with Crippen molar-refractivity contribution in [1.29, 1.82) is 0 Å². The molecular weight excluding hydrogens is 264 g/mol. The molecule has 1 heterocycles. The number of benzene rings is 2. The SMILES string of the molecule is CCn1c(=O)nc(-c2ccccc2)c2cc(OC)ccc21. The zero-order valence-corrected chi connectivity index (χ0v) is 12.0. The van der Waals surface area contributed by atoms with Gasteiger partial charge in [-0.05, 0) is 25.1 Å². The monoisotopic (exact) mass is 280 g/mol. The van der Waals surface area contributed by atoms with Gasteiger partial charge in [-0.1, -0.05) is 30.3 Å². The number of fused-ring (bicyclic) bond motifs is 1. The molecule has 0 atom stereocenters. The molecule has 0 spiro atoms. The Kier molecular flexibility index (Phi) is 3.44. The summed E-state index contributed by atoms with van der Waals surface area (Å²) in [5.41, 5.74) is 2.27. The van der Waals surface area contributed by atoms with E-state index in [0.717, 1.165) is 22.2 Å². The number of methoxy groups -OCH3 is 1. The van der Waals surface area contributed by atoms with Gasteiger partial charge in [-0.25, -0.2) is 4.79 Å². The van der Waals surface area contributed by atoms with Crippen molar-refractivity contribution in [3.05, 3.63) is 59.0 Å². The fraction of sp³-hybridized carbons (Fsp3) is 0.176. The number of nitrogens with zero attached hydrogens (tertiary/aromatic N) is 2. The van der Waals surface area contributed by atoms with Gasteiger partial charge >= 0.3 is 5.69 Å². The average Bonchev–Trinajstić information content (AvgIpc) is 2.54. The van der Waals surface area contributed by atoms with Crippen LogP contribution in [0.1, 0.15) is 6.92 Å². The maximum atomic E-state index is 12.2. The van der Waals surface area contributed by atoms with Crippen LogP contribution in [0.3, 0.4) is 0 Å². The van der Waals surface area contributed by atoms with Crippen molar-refractivity contribution in [1.82, 2.24) is 9.55 Å². The van der Waals surface area contributed by atoms with Crippen molar-refractivity contribution >= 4 is 10.9 Å². The van der Waals surface area contributed by atoms with E-state index in [9.17, 15) is 4.79 Å². The lowest BCUT2D eigenvalue weighted by molar-refractivity contribution is 0.415. The summed E-state index contributed by atoms with van der Waals surface area (Å²) >= 11 is 0. The molecule has 4 heteroatoms. The standard InChI is InChI=1S/C17H16N2O2/c1-3-19-15-10-9-13(21-2)11-14(15)16(18-17(19)20)12-7-5-4-6-8-12/h4-11H,3H2,1-2H3.